The number of methoxy groups -OCH3 is 1. The van der Waals surface area contributed by atoms with Crippen molar-refractivity contribution in [1.82, 2.24) is 10.2 Å². The summed E-state index contributed by atoms with van der Waals surface area (Å²) in [6, 6.07) is 17.9. The van der Waals surface area contributed by atoms with Crippen LogP contribution in [-0.4, -0.2) is 50.0 Å². The highest BCUT2D eigenvalue weighted by Crippen LogP contribution is 2.33. The second-order valence-electron chi connectivity index (χ2n) is 7.99. The van der Waals surface area contributed by atoms with Gasteiger partial charge in [0.1, 0.15) is 5.75 Å². The van der Waals surface area contributed by atoms with Crippen molar-refractivity contribution in [2.75, 3.05) is 38.2 Å². The second-order valence-corrected chi connectivity index (χ2v) is 7.99. The molecule has 1 N–H and O–H groups in total. The van der Waals surface area contributed by atoms with Gasteiger partial charge in [0.2, 0.25) is 11.8 Å². The molecule has 0 radical (unpaired) electrons. The minimum absolute atomic E-state index is 0.0428. The molecule has 0 aromatic heterocycles. The number of para-hydroxylation sites is 2. The molecule has 2 saturated heterocycles. The van der Waals surface area contributed by atoms with E-state index in [1.54, 1.807) is 12.0 Å². The molecular weight excluding hydrogens is 378 g/mol. The molecule has 0 saturated carbocycles. The van der Waals surface area contributed by atoms with Gasteiger partial charge >= 0.3 is 0 Å². The minimum Gasteiger partial charge on any atom is -0.495 e. The molecule has 4 rings (SSSR count). The number of nitrogens with one attached hydrogen (secondary N) is 1. The predicted molar refractivity (Wildman–Crippen MR) is 116 cm³/mol. The summed E-state index contributed by atoms with van der Waals surface area (Å²) >= 11 is 0. The first-order valence-electron chi connectivity index (χ1n) is 10.7. The molecule has 2 aromatic rings. The molecule has 2 heterocycles. The van der Waals surface area contributed by atoms with Crippen molar-refractivity contribution in [2.24, 2.45) is 5.92 Å². The van der Waals surface area contributed by atoms with Crippen LogP contribution in [0.1, 0.15) is 30.9 Å². The Balaban J connectivity index is 1.41. The molecule has 0 aliphatic carbocycles. The van der Waals surface area contributed by atoms with E-state index >= 15 is 0 Å². The number of carbonyl (C=O) groups excluding carboxylic acids is 2. The Labute approximate surface area is 177 Å². The van der Waals surface area contributed by atoms with Crippen molar-refractivity contribution < 1.29 is 14.3 Å². The average molecular weight is 408 g/mol. The van der Waals surface area contributed by atoms with E-state index in [1.165, 1.54) is 18.4 Å². The van der Waals surface area contributed by atoms with Crippen molar-refractivity contribution in [3.8, 4) is 5.75 Å². The van der Waals surface area contributed by atoms with Crippen LogP contribution in [-0.2, 0) is 9.59 Å². The summed E-state index contributed by atoms with van der Waals surface area (Å²) in [5.41, 5.74) is 1.94. The molecule has 0 spiro atoms. The third-order valence-corrected chi connectivity index (χ3v) is 6.11. The number of carbonyl (C=O) groups is 2. The molecule has 158 valence electrons. The molecule has 0 bridgehead atoms. The number of amides is 2. The lowest BCUT2D eigenvalue weighted by Gasteiger charge is -2.28. The smallest absolute Gasteiger partial charge is 0.227 e. The van der Waals surface area contributed by atoms with Crippen molar-refractivity contribution in [3.63, 3.8) is 0 Å². The zero-order chi connectivity index (χ0) is 20.9. The summed E-state index contributed by atoms with van der Waals surface area (Å²) in [6.07, 6.45) is 2.62. The maximum atomic E-state index is 12.9. The number of hydrogen-bond donors (Lipinski definition) is 1. The fourth-order valence-electron chi connectivity index (χ4n) is 4.50. The van der Waals surface area contributed by atoms with E-state index in [1.807, 2.05) is 42.5 Å². The third-order valence-electron chi connectivity index (χ3n) is 6.11. The monoisotopic (exact) mass is 407 g/mol. The van der Waals surface area contributed by atoms with Gasteiger partial charge in [-0.05, 0) is 43.6 Å². The molecule has 2 atom stereocenters. The van der Waals surface area contributed by atoms with Crippen LogP contribution in [0.5, 0.6) is 5.75 Å². The van der Waals surface area contributed by atoms with Gasteiger partial charge in [0.25, 0.3) is 0 Å². The van der Waals surface area contributed by atoms with Gasteiger partial charge in [-0.3, -0.25) is 14.5 Å². The van der Waals surface area contributed by atoms with Gasteiger partial charge < -0.3 is 15.0 Å². The Hall–Kier alpha value is -2.86. The Morgan fingerprint density at radius 2 is 1.80 bits per heavy atom. The standard InChI is InChI=1S/C24H29N3O3/c1-30-22-12-6-5-11-20(22)27-17-19(15-23(27)28)24(29)25-16-21(26-13-7-8-14-26)18-9-3-2-4-10-18/h2-6,9-12,19,21H,7-8,13-17H2,1H3,(H,25,29). The van der Waals surface area contributed by atoms with Crippen LogP contribution in [0.4, 0.5) is 5.69 Å². The van der Waals surface area contributed by atoms with Crippen LogP contribution in [0.2, 0.25) is 0 Å². The highest BCUT2D eigenvalue weighted by molar-refractivity contribution is 6.01. The van der Waals surface area contributed by atoms with Gasteiger partial charge in [-0.1, -0.05) is 42.5 Å². The average Bonchev–Trinajstić information content (AvgIpc) is 3.44. The molecule has 6 nitrogen and oxygen atoms in total. The number of rotatable bonds is 7. The fourth-order valence-corrected chi connectivity index (χ4v) is 4.50. The highest BCUT2D eigenvalue weighted by atomic mass is 16.5. The number of anilines is 1. The quantitative estimate of drug-likeness (QED) is 0.767. The van der Waals surface area contributed by atoms with E-state index in [-0.39, 0.29) is 30.2 Å². The van der Waals surface area contributed by atoms with Gasteiger partial charge in [0.15, 0.2) is 0 Å². The van der Waals surface area contributed by atoms with Gasteiger partial charge in [-0.15, -0.1) is 0 Å². The summed E-state index contributed by atoms with van der Waals surface area (Å²) in [5.74, 6) is 0.196. The lowest BCUT2D eigenvalue weighted by atomic mass is 10.0. The van der Waals surface area contributed by atoms with Gasteiger partial charge in [-0.25, -0.2) is 0 Å². The Bertz CT molecular complexity index is 880. The van der Waals surface area contributed by atoms with E-state index < -0.39 is 0 Å². The summed E-state index contributed by atoms with van der Waals surface area (Å²) in [7, 11) is 1.59. The van der Waals surface area contributed by atoms with Crippen LogP contribution in [0, 0.1) is 5.92 Å². The van der Waals surface area contributed by atoms with Crippen molar-refractivity contribution in [2.45, 2.75) is 25.3 Å². The molecule has 2 amide bonds. The molecule has 2 unspecified atom stereocenters. The van der Waals surface area contributed by atoms with Gasteiger partial charge in [-0.2, -0.15) is 0 Å². The third kappa shape index (κ3) is 4.33. The van der Waals surface area contributed by atoms with Crippen LogP contribution in [0.15, 0.2) is 54.6 Å². The van der Waals surface area contributed by atoms with E-state index in [2.05, 4.69) is 22.3 Å². The first kappa shape index (κ1) is 20.4. The molecule has 2 aliphatic heterocycles. The predicted octanol–water partition coefficient (Wildman–Crippen LogP) is 3.00. The Morgan fingerprint density at radius 3 is 2.53 bits per heavy atom. The molecule has 2 aromatic carbocycles. The first-order chi connectivity index (χ1) is 14.7. The van der Waals surface area contributed by atoms with E-state index in [0.29, 0.717) is 18.8 Å². The van der Waals surface area contributed by atoms with Crippen molar-refractivity contribution in [3.05, 3.63) is 60.2 Å². The fraction of sp³-hybridized carbons (Fsp3) is 0.417. The normalized spacial score (nSPS) is 20.4. The molecular formula is C24H29N3O3. The number of nitrogens with zero attached hydrogens (tertiary/aromatic N) is 2. The summed E-state index contributed by atoms with van der Waals surface area (Å²) < 4.78 is 5.39. The number of hydrogen-bond acceptors (Lipinski definition) is 4. The van der Waals surface area contributed by atoms with Gasteiger partial charge in [0, 0.05) is 19.5 Å². The van der Waals surface area contributed by atoms with Crippen molar-refractivity contribution in [1.29, 1.82) is 0 Å². The van der Waals surface area contributed by atoms with Crippen molar-refractivity contribution >= 4 is 17.5 Å². The zero-order valence-electron chi connectivity index (χ0n) is 17.4. The minimum atomic E-state index is -0.350. The maximum absolute atomic E-state index is 12.9. The van der Waals surface area contributed by atoms with Crippen LogP contribution < -0.4 is 15.0 Å². The summed E-state index contributed by atoms with van der Waals surface area (Å²) in [5, 5.41) is 3.13. The van der Waals surface area contributed by atoms with E-state index in [9.17, 15) is 9.59 Å². The maximum Gasteiger partial charge on any atom is 0.227 e. The van der Waals surface area contributed by atoms with Crippen LogP contribution in [0.3, 0.4) is 0 Å². The molecule has 6 heteroatoms. The number of likely N-dealkylation sites (tertiary alicyclic amines) is 1. The number of benzene rings is 2. The zero-order valence-corrected chi connectivity index (χ0v) is 17.4. The topological polar surface area (TPSA) is 61.9 Å². The largest absolute Gasteiger partial charge is 0.495 e. The van der Waals surface area contributed by atoms with E-state index in [0.717, 1.165) is 18.8 Å². The van der Waals surface area contributed by atoms with E-state index in [4.69, 9.17) is 4.74 Å². The number of ether oxygens (including phenoxy) is 1. The Morgan fingerprint density at radius 1 is 1.10 bits per heavy atom. The summed E-state index contributed by atoms with van der Waals surface area (Å²) in [4.78, 5) is 29.6. The first-order valence-corrected chi connectivity index (χ1v) is 10.7. The van der Waals surface area contributed by atoms with Gasteiger partial charge in [0.05, 0.1) is 24.8 Å². The Kier molecular flexibility index (Phi) is 6.33. The highest BCUT2D eigenvalue weighted by Gasteiger charge is 2.36. The molecule has 30 heavy (non-hydrogen) atoms. The SMILES string of the molecule is COc1ccccc1N1CC(C(=O)NCC(c2ccccc2)N2CCCC2)CC1=O. The molecule has 2 aliphatic rings. The van der Waals surface area contributed by atoms with Crippen LogP contribution in [0.25, 0.3) is 0 Å². The second kappa shape index (κ2) is 9.30. The lowest BCUT2D eigenvalue weighted by molar-refractivity contribution is -0.126. The van der Waals surface area contributed by atoms with Crippen LogP contribution >= 0.6 is 0 Å². The summed E-state index contributed by atoms with van der Waals surface area (Å²) in [6.45, 7) is 3.05. The lowest BCUT2D eigenvalue weighted by Crippen LogP contribution is -2.40. The molecule has 2 fully saturated rings.